The van der Waals surface area contributed by atoms with Gasteiger partial charge in [0, 0.05) is 19.3 Å². The van der Waals surface area contributed by atoms with Gasteiger partial charge in [0.15, 0.2) is 0 Å². The van der Waals surface area contributed by atoms with Gasteiger partial charge in [0.1, 0.15) is 5.82 Å². The number of aliphatic hydroxyl groups is 2. The van der Waals surface area contributed by atoms with E-state index in [2.05, 4.69) is 10.3 Å². The fraction of sp³-hybridized carbons (Fsp3) is 0.364. The highest BCUT2D eigenvalue weighted by Gasteiger charge is 2.21. The molecule has 3 N–H and O–H groups in total. The Morgan fingerprint density at radius 3 is 2.39 bits per heavy atom. The van der Waals surface area contributed by atoms with Crippen LogP contribution in [0.2, 0.25) is 0 Å². The van der Waals surface area contributed by atoms with Gasteiger partial charge in [0.05, 0.1) is 13.2 Å². The molecule has 1 heterocycles. The standard InChI is InChI=1S/C11H15N3O4/c15-7-5-14(6-8-16)11(18)10(17)13-9-3-1-2-4-12-9/h1-4,15-16H,5-8H2,(H,12,13,17). The molecule has 2 amide bonds. The summed E-state index contributed by atoms with van der Waals surface area (Å²) in [6.07, 6.45) is 1.49. The van der Waals surface area contributed by atoms with Crippen molar-refractivity contribution in [2.75, 3.05) is 31.6 Å². The van der Waals surface area contributed by atoms with Crippen molar-refractivity contribution in [2.24, 2.45) is 0 Å². The lowest BCUT2D eigenvalue weighted by molar-refractivity contribution is -0.143. The van der Waals surface area contributed by atoms with Crippen molar-refractivity contribution in [2.45, 2.75) is 0 Å². The number of nitrogens with one attached hydrogen (secondary N) is 1. The Morgan fingerprint density at radius 2 is 1.89 bits per heavy atom. The lowest BCUT2D eigenvalue weighted by Gasteiger charge is -2.19. The number of aromatic nitrogens is 1. The molecule has 0 unspecified atom stereocenters. The SMILES string of the molecule is O=C(Nc1ccccn1)C(=O)N(CCO)CCO. The molecule has 0 aliphatic carbocycles. The number of hydrogen-bond donors (Lipinski definition) is 3. The van der Waals surface area contributed by atoms with E-state index in [-0.39, 0.29) is 32.1 Å². The van der Waals surface area contributed by atoms with Crippen LogP contribution in [0.5, 0.6) is 0 Å². The van der Waals surface area contributed by atoms with Gasteiger partial charge in [0.25, 0.3) is 0 Å². The first-order valence-electron chi connectivity index (χ1n) is 5.42. The highest BCUT2D eigenvalue weighted by Crippen LogP contribution is 2.00. The Hall–Kier alpha value is -1.99. The van der Waals surface area contributed by atoms with Crippen molar-refractivity contribution >= 4 is 17.6 Å². The van der Waals surface area contributed by atoms with Crippen LogP contribution < -0.4 is 5.32 Å². The molecule has 0 bridgehead atoms. The second-order valence-corrected chi connectivity index (χ2v) is 3.41. The highest BCUT2D eigenvalue weighted by molar-refractivity contribution is 6.39. The third-order valence-corrected chi connectivity index (χ3v) is 2.13. The number of nitrogens with zero attached hydrogens (tertiary/aromatic N) is 2. The first kappa shape index (κ1) is 14.1. The number of carbonyl (C=O) groups is 2. The van der Waals surface area contributed by atoms with Crippen LogP contribution in [0.25, 0.3) is 0 Å². The van der Waals surface area contributed by atoms with Crippen molar-refractivity contribution in [3.63, 3.8) is 0 Å². The maximum Gasteiger partial charge on any atom is 0.315 e. The van der Waals surface area contributed by atoms with Crippen LogP contribution in [0.4, 0.5) is 5.82 Å². The van der Waals surface area contributed by atoms with E-state index >= 15 is 0 Å². The average Bonchev–Trinajstić information content (AvgIpc) is 2.39. The number of hydrogen-bond acceptors (Lipinski definition) is 5. The third-order valence-electron chi connectivity index (χ3n) is 2.13. The average molecular weight is 253 g/mol. The first-order chi connectivity index (χ1) is 8.69. The van der Waals surface area contributed by atoms with Gasteiger partial charge in [-0.1, -0.05) is 6.07 Å². The van der Waals surface area contributed by atoms with Gasteiger partial charge in [-0.2, -0.15) is 0 Å². The maximum atomic E-state index is 11.7. The van der Waals surface area contributed by atoms with Gasteiger partial charge < -0.3 is 20.4 Å². The van der Waals surface area contributed by atoms with E-state index in [0.29, 0.717) is 0 Å². The number of anilines is 1. The van der Waals surface area contributed by atoms with E-state index in [1.165, 1.54) is 6.20 Å². The third kappa shape index (κ3) is 4.11. The van der Waals surface area contributed by atoms with E-state index in [9.17, 15) is 9.59 Å². The number of carbonyl (C=O) groups excluding carboxylic acids is 2. The minimum atomic E-state index is -0.851. The lowest BCUT2D eigenvalue weighted by atomic mass is 10.4. The van der Waals surface area contributed by atoms with Crippen LogP contribution in [0.3, 0.4) is 0 Å². The Balaban J connectivity index is 2.62. The topological polar surface area (TPSA) is 103 Å². The van der Waals surface area contributed by atoms with Crippen LogP contribution in [0.1, 0.15) is 0 Å². The maximum absolute atomic E-state index is 11.7. The number of amides is 2. The summed E-state index contributed by atoms with van der Waals surface area (Å²) in [5.41, 5.74) is 0. The molecule has 0 spiro atoms. The van der Waals surface area contributed by atoms with Crippen LogP contribution in [-0.2, 0) is 9.59 Å². The summed E-state index contributed by atoms with van der Waals surface area (Å²) in [6, 6.07) is 4.90. The molecule has 0 aliphatic heterocycles. The minimum absolute atomic E-state index is 0.00493. The minimum Gasteiger partial charge on any atom is -0.395 e. The molecule has 0 saturated carbocycles. The summed E-state index contributed by atoms with van der Waals surface area (Å²) in [6.45, 7) is -0.560. The van der Waals surface area contributed by atoms with E-state index in [0.717, 1.165) is 4.90 Å². The largest absolute Gasteiger partial charge is 0.395 e. The molecule has 0 fully saturated rings. The zero-order valence-corrected chi connectivity index (χ0v) is 9.74. The molecular weight excluding hydrogens is 238 g/mol. The molecule has 0 saturated heterocycles. The van der Waals surface area contributed by atoms with Crippen molar-refractivity contribution in [3.8, 4) is 0 Å². The molecule has 1 aromatic heterocycles. The van der Waals surface area contributed by atoms with E-state index < -0.39 is 11.8 Å². The Morgan fingerprint density at radius 1 is 1.22 bits per heavy atom. The predicted molar refractivity (Wildman–Crippen MR) is 63.6 cm³/mol. The molecule has 98 valence electrons. The zero-order valence-electron chi connectivity index (χ0n) is 9.74. The summed E-state index contributed by atoms with van der Waals surface area (Å²) in [5.74, 6) is -1.40. The Kier molecular flexibility index (Phi) is 5.75. The van der Waals surface area contributed by atoms with Crippen molar-refractivity contribution < 1.29 is 19.8 Å². The van der Waals surface area contributed by atoms with Gasteiger partial charge in [-0.15, -0.1) is 0 Å². The monoisotopic (exact) mass is 253 g/mol. The molecular formula is C11H15N3O4. The smallest absolute Gasteiger partial charge is 0.315 e. The molecule has 0 aromatic carbocycles. The molecule has 18 heavy (non-hydrogen) atoms. The second-order valence-electron chi connectivity index (χ2n) is 3.41. The number of pyridine rings is 1. The molecule has 1 rings (SSSR count). The number of aliphatic hydroxyl groups excluding tert-OH is 2. The molecule has 0 aliphatic rings. The highest BCUT2D eigenvalue weighted by atomic mass is 16.3. The predicted octanol–water partition coefficient (Wildman–Crippen LogP) is -1.17. The van der Waals surface area contributed by atoms with Gasteiger partial charge in [0.2, 0.25) is 0 Å². The normalized spacial score (nSPS) is 9.89. The quantitative estimate of drug-likeness (QED) is 0.574. The summed E-state index contributed by atoms with van der Waals surface area (Å²) in [4.78, 5) is 28.2. The van der Waals surface area contributed by atoms with Crippen molar-refractivity contribution in [1.29, 1.82) is 0 Å². The van der Waals surface area contributed by atoms with Crippen molar-refractivity contribution in [3.05, 3.63) is 24.4 Å². The van der Waals surface area contributed by atoms with Gasteiger partial charge >= 0.3 is 11.8 Å². The van der Waals surface area contributed by atoms with Gasteiger partial charge in [-0.25, -0.2) is 4.98 Å². The second kappa shape index (κ2) is 7.36. The molecule has 1 aromatic rings. The molecule has 0 atom stereocenters. The van der Waals surface area contributed by atoms with E-state index in [1.807, 2.05) is 0 Å². The van der Waals surface area contributed by atoms with Crippen LogP contribution in [-0.4, -0.2) is 58.2 Å². The van der Waals surface area contributed by atoms with Crippen LogP contribution in [0, 0.1) is 0 Å². The molecule has 7 heteroatoms. The fourth-order valence-electron chi connectivity index (χ4n) is 1.31. The fourth-order valence-corrected chi connectivity index (χ4v) is 1.31. The zero-order chi connectivity index (χ0) is 13.4. The molecule has 0 radical (unpaired) electrons. The van der Waals surface area contributed by atoms with Crippen LogP contribution >= 0.6 is 0 Å². The summed E-state index contributed by atoms with van der Waals surface area (Å²) >= 11 is 0. The number of rotatable bonds is 5. The Labute approximate surface area is 104 Å². The molecule has 7 nitrogen and oxygen atoms in total. The van der Waals surface area contributed by atoms with Crippen molar-refractivity contribution in [1.82, 2.24) is 9.88 Å². The lowest BCUT2D eigenvalue weighted by Crippen LogP contribution is -2.42. The first-order valence-corrected chi connectivity index (χ1v) is 5.42. The van der Waals surface area contributed by atoms with Gasteiger partial charge in [-0.05, 0) is 12.1 Å². The summed E-state index contributed by atoms with van der Waals surface area (Å²) in [7, 11) is 0. The van der Waals surface area contributed by atoms with Gasteiger partial charge in [-0.3, -0.25) is 9.59 Å². The van der Waals surface area contributed by atoms with E-state index in [4.69, 9.17) is 10.2 Å². The van der Waals surface area contributed by atoms with Crippen LogP contribution in [0.15, 0.2) is 24.4 Å². The van der Waals surface area contributed by atoms with E-state index in [1.54, 1.807) is 18.2 Å². The summed E-state index contributed by atoms with van der Waals surface area (Å²) < 4.78 is 0. The Bertz CT molecular complexity index is 391. The summed E-state index contributed by atoms with van der Waals surface area (Å²) in [5, 5.41) is 19.9.